The van der Waals surface area contributed by atoms with Gasteiger partial charge in [-0.2, -0.15) is 0 Å². The quantitative estimate of drug-likeness (QED) is 0.483. The van der Waals surface area contributed by atoms with Crippen LogP contribution in [0.15, 0.2) is 12.3 Å². The van der Waals surface area contributed by atoms with Gasteiger partial charge in [-0.05, 0) is 18.9 Å². The summed E-state index contributed by atoms with van der Waals surface area (Å²) in [5.74, 6) is -0.788. The smallest absolute Gasteiger partial charge is 0.300 e. The largest absolute Gasteiger partial charge is 0.396 e. The van der Waals surface area contributed by atoms with Gasteiger partial charge in [0.15, 0.2) is 0 Å². The summed E-state index contributed by atoms with van der Waals surface area (Å²) in [6.45, 7) is 3.35. The molecule has 0 bridgehead atoms. The van der Waals surface area contributed by atoms with Crippen molar-refractivity contribution in [2.75, 3.05) is 6.61 Å². The molecule has 0 spiro atoms. The number of halogens is 1. The van der Waals surface area contributed by atoms with Crippen LogP contribution in [-0.2, 0) is 0 Å². The predicted octanol–water partition coefficient (Wildman–Crippen LogP) is 1.39. The van der Waals surface area contributed by atoms with Crippen LogP contribution in [0.2, 0.25) is 5.15 Å². The van der Waals surface area contributed by atoms with Crippen LogP contribution in [0.5, 0.6) is 0 Å². The van der Waals surface area contributed by atoms with Crippen LogP contribution in [0.4, 0.5) is 5.69 Å². The van der Waals surface area contributed by atoms with Crippen molar-refractivity contribution in [2.24, 2.45) is 5.92 Å². The molecule has 0 aliphatic heterocycles. The van der Waals surface area contributed by atoms with Crippen LogP contribution in [0, 0.1) is 16.0 Å². The minimum absolute atomic E-state index is 0.00129. The second-order valence-electron chi connectivity index (χ2n) is 4.20. The lowest BCUT2D eigenvalue weighted by molar-refractivity contribution is -0.385. The van der Waals surface area contributed by atoms with E-state index in [1.807, 2.05) is 0 Å². The first-order valence-electron chi connectivity index (χ1n) is 5.58. The molecule has 7 nitrogen and oxygen atoms in total. The van der Waals surface area contributed by atoms with E-state index in [0.717, 1.165) is 12.3 Å². The molecule has 1 heterocycles. The second kappa shape index (κ2) is 6.44. The topological polar surface area (TPSA) is 105 Å². The molecule has 1 rings (SSSR count). The summed E-state index contributed by atoms with van der Waals surface area (Å²) >= 11 is 5.64. The average molecular weight is 288 g/mol. The highest BCUT2D eigenvalue weighted by Crippen LogP contribution is 2.20. The standard InChI is InChI=1S/C11H14ClN3O4/c1-6(5-16)7(2)14-11(17)8-3-10(12)13-4-9(8)15(18)19/h3-4,6-7,16H,5H2,1-2H3,(H,14,17). The summed E-state index contributed by atoms with van der Waals surface area (Å²) in [7, 11) is 0. The number of aliphatic hydroxyl groups excluding tert-OH is 1. The van der Waals surface area contributed by atoms with Gasteiger partial charge in [-0.15, -0.1) is 0 Å². The molecule has 19 heavy (non-hydrogen) atoms. The van der Waals surface area contributed by atoms with Crippen LogP contribution >= 0.6 is 11.6 Å². The first kappa shape index (κ1) is 15.3. The summed E-state index contributed by atoms with van der Waals surface area (Å²) in [5, 5.41) is 22.4. The number of hydrogen-bond acceptors (Lipinski definition) is 5. The lowest BCUT2D eigenvalue weighted by Crippen LogP contribution is -2.38. The van der Waals surface area contributed by atoms with Crippen molar-refractivity contribution >= 4 is 23.2 Å². The Labute approximate surface area is 114 Å². The van der Waals surface area contributed by atoms with Crippen LogP contribution in [0.1, 0.15) is 24.2 Å². The molecule has 0 saturated carbocycles. The van der Waals surface area contributed by atoms with E-state index in [-0.39, 0.29) is 29.3 Å². The number of aliphatic hydroxyl groups is 1. The number of aromatic nitrogens is 1. The number of carbonyl (C=O) groups is 1. The number of nitro groups is 1. The third kappa shape index (κ3) is 3.87. The van der Waals surface area contributed by atoms with Gasteiger partial charge in [0, 0.05) is 12.6 Å². The van der Waals surface area contributed by atoms with Gasteiger partial charge >= 0.3 is 0 Å². The zero-order valence-electron chi connectivity index (χ0n) is 10.5. The van der Waals surface area contributed by atoms with Gasteiger partial charge in [0.1, 0.15) is 16.9 Å². The summed E-state index contributed by atoms with van der Waals surface area (Å²) in [5.41, 5.74) is -0.562. The third-order valence-electron chi connectivity index (χ3n) is 2.79. The number of pyridine rings is 1. The van der Waals surface area contributed by atoms with Gasteiger partial charge in [0.2, 0.25) is 0 Å². The summed E-state index contributed by atoms with van der Waals surface area (Å²) in [4.78, 5) is 25.7. The van der Waals surface area contributed by atoms with E-state index in [9.17, 15) is 14.9 Å². The van der Waals surface area contributed by atoms with Gasteiger partial charge in [-0.25, -0.2) is 4.98 Å². The van der Waals surface area contributed by atoms with Gasteiger partial charge in [-0.3, -0.25) is 14.9 Å². The van der Waals surface area contributed by atoms with E-state index < -0.39 is 16.5 Å². The molecule has 2 N–H and O–H groups in total. The van der Waals surface area contributed by atoms with Crippen molar-refractivity contribution in [3.8, 4) is 0 Å². The van der Waals surface area contributed by atoms with E-state index in [4.69, 9.17) is 16.7 Å². The predicted molar refractivity (Wildman–Crippen MR) is 69.1 cm³/mol. The van der Waals surface area contributed by atoms with Crippen molar-refractivity contribution in [3.63, 3.8) is 0 Å². The maximum atomic E-state index is 12.0. The SMILES string of the molecule is CC(CO)C(C)NC(=O)c1cc(Cl)ncc1[N+](=O)[O-]. The van der Waals surface area contributed by atoms with E-state index in [1.54, 1.807) is 13.8 Å². The van der Waals surface area contributed by atoms with Gasteiger partial charge in [-0.1, -0.05) is 18.5 Å². The molecule has 1 aromatic rings. The van der Waals surface area contributed by atoms with E-state index in [0.29, 0.717) is 0 Å². The fourth-order valence-corrected chi connectivity index (χ4v) is 1.49. The van der Waals surface area contributed by atoms with Gasteiger partial charge in [0.05, 0.1) is 4.92 Å². The van der Waals surface area contributed by atoms with Crippen LogP contribution in [-0.4, -0.2) is 33.6 Å². The molecule has 0 saturated heterocycles. The van der Waals surface area contributed by atoms with Crippen molar-refractivity contribution < 1.29 is 14.8 Å². The molecule has 0 aromatic carbocycles. The van der Waals surface area contributed by atoms with Crippen LogP contribution < -0.4 is 5.32 Å². The Bertz CT molecular complexity index is 495. The van der Waals surface area contributed by atoms with E-state index in [2.05, 4.69) is 10.3 Å². The number of carbonyl (C=O) groups excluding carboxylic acids is 1. The lowest BCUT2D eigenvalue weighted by atomic mass is 10.0. The zero-order valence-corrected chi connectivity index (χ0v) is 11.2. The minimum atomic E-state index is -0.696. The van der Waals surface area contributed by atoms with Crippen LogP contribution in [0.3, 0.4) is 0 Å². The summed E-state index contributed by atoms with van der Waals surface area (Å²) < 4.78 is 0. The highest BCUT2D eigenvalue weighted by Gasteiger charge is 2.23. The molecule has 2 atom stereocenters. The molecule has 2 unspecified atom stereocenters. The number of rotatable bonds is 5. The number of amides is 1. The van der Waals surface area contributed by atoms with E-state index in [1.165, 1.54) is 0 Å². The number of hydrogen-bond donors (Lipinski definition) is 2. The Hall–Kier alpha value is -1.73. The molecular formula is C11H14ClN3O4. The molecule has 1 aromatic heterocycles. The summed E-state index contributed by atoms with van der Waals surface area (Å²) in [6.07, 6.45) is 0.942. The van der Waals surface area contributed by atoms with Gasteiger partial charge < -0.3 is 10.4 Å². The van der Waals surface area contributed by atoms with E-state index >= 15 is 0 Å². The van der Waals surface area contributed by atoms with Crippen molar-refractivity contribution in [1.82, 2.24) is 10.3 Å². The maximum absolute atomic E-state index is 12.0. The Balaban J connectivity index is 2.99. The molecule has 0 aliphatic carbocycles. The molecule has 104 valence electrons. The molecule has 0 fully saturated rings. The van der Waals surface area contributed by atoms with Crippen molar-refractivity contribution in [2.45, 2.75) is 19.9 Å². The Kier molecular flexibility index (Phi) is 5.20. The number of nitrogens with zero attached hydrogens (tertiary/aromatic N) is 2. The fourth-order valence-electron chi connectivity index (χ4n) is 1.33. The molecule has 0 aliphatic rings. The molecule has 8 heteroatoms. The van der Waals surface area contributed by atoms with Crippen LogP contribution in [0.25, 0.3) is 0 Å². The second-order valence-corrected chi connectivity index (χ2v) is 4.59. The third-order valence-corrected chi connectivity index (χ3v) is 3.00. The highest BCUT2D eigenvalue weighted by molar-refractivity contribution is 6.29. The molecule has 0 radical (unpaired) electrons. The Morgan fingerprint density at radius 2 is 2.26 bits per heavy atom. The van der Waals surface area contributed by atoms with Crippen molar-refractivity contribution in [3.05, 3.63) is 33.1 Å². The monoisotopic (exact) mass is 287 g/mol. The lowest BCUT2D eigenvalue weighted by Gasteiger charge is -2.19. The van der Waals surface area contributed by atoms with Gasteiger partial charge in [0.25, 0.3) is 11.6 Å². The molecular weight excluding hydrogens is 274 g/mol. The highest BCUT2D eigenvalue weighted by atomic mass is 35.5. The normalized spacial score (nSPS) is 13.7. The minimum Gasteiger partial charge on any atom is -0.396 e. The Morgan fingerprint density at radius 1 is 1.63 bits per heavy atom. The average Bonchev–Trinajstić information content (AvgIpc) is 2.36. The first-order chi connectivity index (χ1) is 8.86. The number of nitrogens with one attached hydrogen (secondary N) is 1. The Morgan fingerprint density at radius 3 is 2.79 bits per heavy atom. The fraction of sp³-hybridized carbons (Fsp3) is 0.455. The molecule has 1 amide bonds. The first-order valence-corrected chi connectivity index (χ1v) is 5.96. The maximum Gasteiger partial charge on any atom is 0.300 e. The summed E-state index contributed by atoms with van der Waals surface area (Å²) in [6, 6.07) is 0.815. The van der Waals surface area contributed by atoms with Crippen molar-refractivity contribution in [1.29, 1.82) is 0 Å². The zero-order chi connectivity index (χ0) is 14.6.